The summed E-state index contributed by atoms with van der Waals surface area (Å²) in [5.41, 5.74) is 1.91. The Morgan fingerprint density at radius 2 is 1.83 bits per heavy atom. The second kappa shape index (κ2) is 8.22. The molecule has 0 amide bonds. The topological polar surface area (TPSA) is 55.8 Å². The van der Waals surface area contributed by atoms with Crippen LogP contribution in [0, 0.1) is 0 Å². The third kappa shape index (κ3) is 4.49. The molecule has 0 bridgehead atoms. The highest BCUT2D eigenvalue weighted by atomic mass is 16.5. The van der Waals surface area contributed by atoms with Gasteiger partial charge in [-0.2, -0.15) is 0 Å². The molecule has 0 aliphatic carbocycles. The van der Waals surface area contributed by atoms with Crippen LogP contribution in [0.5, 0.6) is 11.5 Å². The number of hydrogen-bond donors (Lipinski definition) is 1. The van der Waals surface area contributed by atoms with E-state index in [4.69, 9.17) is 9.47 Å². The number of carboxylic acid groups (broad SMARTS) is 1. The first-order valence-electron chi connectivity index (χ1n) is 7.89. The van der Waals surface area contributed by atoms with Crippen molar-refractivity contribution < 1.29 is 19.4 Å². The summed E-state index contributed by atoms with van der Waals surface area (Å²) in [7, 11) is 0. The van der Waals surface area contributed by atoms with E-state index in [0.29, 0.717) is 19.0 Å². The van der Waals surface area contributed by atoms with Gasteiger partial charge in [-0.25, -0.2) is 4.79 Å². The molecule has 0 heterocycles. The fourth-order valence-corrected chi connectivity index (χ4v) is 2.26. The van der Waals surface area contributed by atoms with Crippen molar-refractivity contribution in [1.82, 2.24) is 0 Å². The van der Waals surface area contributed by atoms with Gasteiger partial charge in [0.2, 0.25) is 0 Å². The van der Waals surface area contributed by atoms with Crippen molar-refractivity contribution in [2.24, 2.45) is 0 Å². The Balaban J connectivity index is 2.29. The van der Waals surface area contributed by atoms with Gasteiger partial charge in [0.05, 0.1) is 13.2 Å². The summed E-state index contributed by atoms with van der Waals surface area (Å²) in [6, 6.07) is 12.9. The van der Waals surface area contributed by atoms with E-state index in [1.165, 1.54) is 0 Å². The molecule has 0 saturated heterocycles. The molecule has 23 heavy (non-hydrogen) atoms. The van der Waals surface area contributed by atoms with Gasteiger partial charge in [-0.15, -0.1) is 0 Å². The van der Waals surface area contributed by atoms with Gasteiger partial charge in [0.25, 0.3) is 0 Å². The number of carboxylic acids is 1. The van der Waals surface area contributed by atoms with Crippen LogP contribution < -0.4 is 9.47 Å². The molecule has 2 aromatic rings. The number of ether oxygens (including phenoxy) is 2. The maximum atomic E-state index is 11.4. The maximum absolute atomic E-state index is 11.4. The summed E-state index contributed by atoms with van der Waals surface area (Å²) in [6.07, 6.45) is 2.09. The van der Waals surface area contributed by atoms with Gasteiger partial charge in [0, 0.05) is 0 Å². The van der Waals surface area contributed by atoms with Gasteiger partial charge in [-0.1, -0.05) is 31.5 Å². The smallest absolute Gasteiger partial charge is 0.339 e. The lowest BCUT2D eigenvalue weighted by molar-refractivity contribution is 0.0692. The highest BCUT2D eigenvalue weighted by Gasteiger charge is 2.13. The van der Waals surface area contributed by atoms with Gasteiger partial charge < -0.3 is 14.6 Å². The van der Waals surface area contributed by atoms with Crippen molar-refractivity contribution in [3.05, 3.63) is 48.0 Å². The van der Waals surface area contributed by atoms with Crippen molar-refractivity contribution in [3.63, 3.8) is 0 Å². The van der Waals surface area contributed by atoms with Gasteiger partial charge in [0.1, 0.15) is 17.1 Å². The van der Waals surface area contributed by atoms with E-state index in [-0.39, 0.29) is 5.56 Å². The molecule has 0 atom stereocenters. The largest absolute Gasteiger partial charge is 0.494 e. The van der Waals surface area contributed by atoms with Crippen LogP contribution in [-0.4, -0.2) is 24.3 Å². The molecule has 0 aliphatic rings. The van der Waals surface area contributed by atoms with Crippen molar-refractivity contribution in [2.75, 3.05) is 13.2 Å². The first-order valence-corrected chi connectivity index (χ1v) is 7.89. The molecule has 4 nitrogen and oxygen atoms in total. The Hall–Kier alpha value is -2.49. The Morgan fingerprint density at radius 3 is 2.52 bits per heavy atom. The number of aromatic carboxylic acids is 1. The zero-order chi connectivity index (χ0) is 16.7. The molecule has 0 aromatic heterocycles. The normalized spacial score (nSPS) is 10.3. The Labute approximate surface area is 136 Å². The summed E-state index contributed by atoms with van der Waals surface area (Å²) in [6.45, 7) is 5.06. The molecule has 0 spiro atoms. The molecule has 0 unspecified atom stereocenters. The van der Waals surface area contributed by atoms with Crippen LogP contribution in [0.3, 0.4) is 0 Å². The minimum atomic E-state index is -0.995. The van der Waals surface area contributed by atoms with Crippen LogP contribution in [0.2, 0.25) is 0 Å². The quantitative estimate of drug-likeness (QED) is 0.722. The van der Waals surface area contributed by atoms with Gasteiger partial charge in [0.15, 0.2) is 0 Å². The summed E-state index contributed by atoms with van der Waals surface area (Å²) in [5.74, 6) is 0.187. The summed E-state index contributed by atoms with van der Waals surface area (Å²) in [4.78, 5) is 11.4. The lowest BCUT2D eigenvalue weighted by Gasteiger charge is -2.11. The minimum Gasteiger partial charge on any atom is -0.494 e. The zero-order valence-corrected chi connectivity index (χ0v) is 13.5. The summed E-state index contributed by atoms with van der Waals surface area (Å²) < 4.78 is 11.1. The molecule has 122 valence electrons. The molecule has 0 fully saturated rings. The highest BCUT2D eigenvalue weighted by Crippen LogP contribution is 2.29. The molecule has 0 aliphatic heterocycles. The standard InChI is InChI=1S/C19H22O4/c1-3-5-11-23-16-8-6-7-14(12-16)15-9-10-18(22-4-2)17(13-15)19(20)21/h6-10,12-13H,3-5,11H2,1-2H3,(H,20,21). The fraction of sp³-hybridized carbons (Fsp3) is 0.316. The number of hydrogen-bond acceptors (Lipinski definition) is 3. The van der Waals surface area contributed by atoms with Crippen LogP contribution in [0.15, 0.2) is 42.5 Å². The Morgan fingerprint density at radius 1 is 1.04 bits per heavy atom. The van der Waals surface area contributed by atoms with E-state index in [2.05, 4.69) is 6.92 Å². The maximum Gasteiger partial charge on any atom is 0.339 e. The highest BCUT2D eigenvalue weighted by molar-refractivity contribution is 5.92. The molecular weight excluding hydrogens is 292 g/mol. The van der Waals surface area contributed by atoms with Crippen LogP contribution in [0.4, 0.5) is 0 Å². The SMILES string of the molecule is CCCCOc1cccc(-c2ccc(OCC)c(C(=O)O)c2)c1. The van der Waals surface area contributed by atoms with E-state index < -0.39 is 5.97 Å². The first kappa shape index (κ1) is 16.9. The lowest BCUT2D eigenvalue weighted by atomic mass is 10.0. The van der Waals surface area contributed by atoms with Crippen molar-refractivity contribution in [3.8, 4) is 22.6 Å². The number of unbranched alkanes of at least 4 members (excludes halogenated alkanes) is 1. The van der Waals surface area contributed by atoms with Crippen molar-refractivity contribution in [1.29, 1.82) is 0 Å². The van der Waals surface area contributed by atoms with Gasteiger partial charge in [-0.3, -0.25) is 0 Å². The minimum absolute atomic E-state index is 0.168. The average molecular weight is 314 g/mol. The number of benzene rings is 2. The predicted molar refractivity (Wildman–Crippen MR) is 90.4 cm³/mol. The number of rotatable bonds is 8. The van der Waals surface area contributed by atoms with Crippen LogP contribution in [0.25, 0.3) is 11.1 Å². The molecule has 2 rings (SSSR count). The van der Waals surface area contributed by atoms with E-state index in [0.717, 1.165) is 29.7 Å². The van der Waals surface area contributed by atoms with E-state index in [9.17, 15) is 9.90 Å². The monoisotopic (exact) mass is 314 g/mol. The van der Waals surface area contributed by atoms with Crippen molar-refractivity contribution in [2.45, 2.75) is 26.7 Å². The predicted octanol–water partition coefficient (Wildman–Crippen LogP) is 4.63. The van der Waals surface area contributed by atoms with Crippen LogP contribution in [-0.2, 0) is 0 Å². The van der Waals surface area contributed by atoms with E-state index in [1.54, 1.807) is 12.1 Å². The second-order valence-corrected chi connectivity index (χ2v) is 5.18. The van der Waals surface area contributed by atoms with Gasteiger partial charge >= 0.3 is 5.97 Å². The molecular formula is C19H22O4. The number of carbonyl (C=O) groups is 1. The molecule has 1 N–H and O–H groups in total. The third-order valence-corrected chi connectivity index (χ3v) is 3.44. The van der Waals surface area contributed by atoms with Crippen LogP contribution >= 0.6 is 0 Å². The third-order valence-electron chi connectivity index (χ3n) is 3.44. The summed E-state index contributed by atoms with van der Waals surface area (Å²) >= 11 is 0. The molecule has 0 radical (unpaired) electrons. The lowest BCUT2D eigenvalue weighted by Crippen LogP contribution is -2.03. The average Bonchev–Trinajstić information content (AvgIpc) is 2.56. The molecule has 0 saturated carbocycles. The van der Waals surface area contributed by atoms with E-state index >= 15 is 0 Å². The van der Waals surface area contributed by atoms with Crippen LogP contribution in [0.1, 0.15) is 37.0 Å². The summed E-state index contributed by atoms with van der Waals surface area (Å²) in [5, 5.41) is 9.36. The molecule has 2 aromatic carbocycles. The zero-order valence-electron chi connectivity index (χ0n) is 13.5. The second-order valence-electron chi connectivity index (χ2n) is 5.18. The van der Waals surface area contributed by atoms with Crippen molar-refractivity contribution >= 4 is 5.97 Å². The Bertz CT molecular complexity index is 664. The van der Waals surface area contributed by atoms with E-state index in [1.807, 2.05) is 37.3 Å². The first-order chi connectivity index (χ1) is 11.2. The van der Waals surface area contributed by atoms with Gasteiger partial charge in [-0.05, 0) is 48.7 Å². The Kier molecular flexibility index (Phi) is 6.03. The molecule has 4 heteroatoms. The fourth-order valence-electron chi connectivity index (χ4n) is 2.26.